The Labute approximate surface area is 117 Å². The highest BCUT2D eigenvalue weighted by Gasteiger charge is 2.26. The average molecular weight is 261 g/mol. The zero-order valence-corrected chi connectivity index (χ0v) is 12.7. The van der Waals surface area contributed by atoms with Crippen molar-refractivity contribution in [3.63, 3.8) is 0 Å². The molecule has 106 valence electrons. The van der Waals surface area contributed by atoms with Crippen LogP contribution in [0.25, 0.3) is 0 Å². The van der Waals surface area contributed by atoms with Crippen molar-refractivity contribution in [3.8, 4) is 5.75 Å². The van der Waals surface area contributed by atoms with E-state index >= 15 is 0 Å². The van der Waals surface area contributed by atoms with E-state index < -0.39 is 0 Å². The summed E-state index contributed by atoms with van der Waals surface area (Å²) < 4.78 is 5.31. The molecule has 1 saturated carbocycles. The SMILES string of the molecule is COc1ccc(CNC2CCCC(C)C2C)cc1C. The van der Waals surface area contributed by atoms with E-state index in [-0.39, 0.29) is 0 Å². The fourth-order valence-electron chi connectivity index (χ4n) is 3.17. The molecule has 2 heteroatoms. The van der Waals surface area contributed by atoms with Gasteiger partial charge in [-0.1, -0.05) is 38.8 Å². The van der Waals surface area contributed by atoms with Crippen LogP contribution in [0.2, 0.25) is 0 Å². The Morgan fingerprint density at radius 3 is 2.74 bits per heavy atom. The van der Waals surface area contributed by atoms with Crippen molar-refractivity contribution >= 4 is 0 Å². The molecule has 0 bridgehead atoms. The van der Waals surface area contributed by atoms with E-state index in [0.29, 0.717) is 6.04 Å². The van der Waals surface area contributed by atoms with Gasteiger partial charge in [0.05, 0.1) is 7.11 Å². The number of hydrogen-bond donors (Lipinski definition) is 1. The van der Waals surface area contributed by atoms with Crippen LogP contribution in [0.5, 0.6) is 5.75 Å². The quantitative estimate of drug-likeness (QED) is 0.887. The smallest absolute Gasteiger partial charge is 0.121 e. The van der Waals surface area contributed by atoms with E-state index in [4.69, 9.17) is 4.74 Å². The molecule has 1 aliphatic rings. The zero-order valence-electron chi connectivity index (χ0n) is 12.7. The summed E-state index contributed by atoms with van der Waals surface area (Å²) in [6.45, 7) is 7.84. The predicted octanol–water partition coefficient (Wildman–Crippen LogP) is 3.92. The van der Waals surface area contributed by atoms with Crippen molar-refractivity contribution in [2.45, 2.75) is 52.6 Å². The summed E-state index contributed by atoms with van der Waals surface area (Å²) in [6.07, 6.45) is 4.08. The number of rotatable bonds is 4. The summed E-state index contributed by atoms with van der Waals surface area (Å²) >= 11 is 0. The molecule has 1 aromatic carbocycles. The molecule has 3 unspecified atom stereocenters. The van der Waals surface area contributed by atoms with Gasteiger partial charge in [-0.15, -0.1) is 0 Å². The molecule has 0 spiro atoms. The summed E-state index contributed by atoms with van der Waals surface area (Å²) in [5, 5.41) is 3.74. The molecule has 0 radical (unpaired) electrons. The molecule has 1 N–H and O–H groups in total. The van der Waals surface area contributed by atoms with Crippen LogP contribution in [0.15, 0.2) is 18.2 Å². The fourth-order valence-corrected chi connectivity index (χ4v) is 3.17. The van der Waals surface area contributed by atoms with Crippen molar-refractivity contribution < 1.29 is 4.74 Å². The lowest BCUT2D eigenvalue weighted by Gasteiger charge is -2.34. The molecule has 0 saturated heterocycles. The van der Waals surface area contributed by atoms with Crippen LogP contribution in [0.3, 0.4) is 0 Å². The van der Waals surface area contributed by atoms with Gasteiger partial charge < -0.3 is 10.1 Å². The third-order valence-corrected chi connectivity index (χ3v) is 4.73. The molecule has 0 aromatic heterocycles. The van der Waals surface area contributed by atoms with Crippen LogP contribution in [-0.2, 0) is 6.54 Å². The van der Waals surface area contributed by atoms with E-state index in [1.165, 1.54) is 30.4 Å². The fraction of sp³-hybridized carbons (Fsp3) is 0.647. The Kier molecular flexibility index (Phi) is 4.87. The number of methoxy groups -OCH3 is 1. The lowest BCUT2D eigenvalue weighted by molar-refractivity contribution is 0.206. The second-order valence-electron chi connectivity index (χ2n) is 6.06. The van der Waals surface area contributed by atoms with Gasteiger partial charge in [0, 0.05) is 12.6 Å². The number of benzene rings is 1. The standard InChI is InChI=1S/C17H27NO/c1-12-6-5-7-16(14(12)3)18-11-15-8-9-17(19-4)13(2)10-15/h8-10,12,14,16,18H,5-7,11H2,1-4H3. The van der Waals surface area contributed by atoms with E-state index in [1.807, 2.05) is 0 Å². The number of aryl methyl sites for hydroxylation is 1. The lowest BCUT2D eigenvalue weighted by atomic mass is 9.78. The molecule has 0 heterocycles. The average Bonchev–Trinajstić information content (AvgIpc) is 2.40. The topological polar surface area (TPSA) is 21.3 Å². The Balaban J connectivity index is 1.93. The van der Waals surface area contributed by atoms with Gasteiger partial charge >= 0.3 is 0 Å². The minimum absolute atomic E-state index is 0.672. The number of hydrogen-bond acceptors (Lipinski definition) is 2. The van der Waals surface area contributed by atoms with Gasteiger partial charge in [-0.3, -0.25) is 0 Å². The molecular formula is C17H27NO. The van der Waals surface area contributed by atoms with Gasteiger partial charge in [0.1, 0.15) is 5.75 Å². The molecule has 0 aliphatic heterocycles. The zero-order chi connectivity index (χ0) is 13.8. The number of nitrogens with one attached hydrogen (secondary N) is 1. The first-order valence-corrected chi connectivity index (χ1v) is 7.48. The summed E-state index contributed by atoms with van der Waals surface area (Å²) in [4.78, 5) is 0. The number of ether oxygens (including phenoxy) is 1. The van der Waals surface area contributed by atoms with Gasteiger partial charge in [-0.2, -0.15) is 0 Å². The highest BCUT2D eigenvalue weighted by Crippen LogP contribution is 2.29. The molecule has 1 aliphatic carbocycles. The van der Waals surface area contributed by atoms with Crippen molar-refractivity contribution in [3.05, 3.63) is 29.3 Å². The Bertz CT molecular complexity index is 416. The first-order valence-electron chi connectivity index (χ1n) is 7.48. The first kappa shape index (κ1) is 14.4. The van der Waals surface area contributed by atoms with Gasteiger partial charge in [0.25, 0.3) is 0 Å². The Morgan fingerprint density at radius 1 is 1.26 bits per heavy atom. The molecule has 2 rings (SSSR count). The molecule has 1 fully saturated rings. The third-order valence-electron chi connectivity index (χ3n) is 4.73. The normalized spacial score (nSPS) is 27.3. The molecule has 3 atom stereocenters. The van der Waals surface area contributed by atoms with Crippen LogP contribution in [-0.4, -0.2) is 13.2 Å². The van der Waals surface area contributed by atoms with Crippen molar-refractivity contribution in [2.75, 3.05) is 7.11 Å². The van der Waals surface area contributed by atoms with Crippen LogP contribution in [0.1, 0.15) is 44.2 Å². The Morgan fingerprint density at radius 2 is 2.05 bits per heavy atom. The maximum absolute atomic E-state index is 5.31. The molecule has 0 amide bonds. The monoisotopic (exact) mass is 261 g/mol. The Hall–Kier alpha value is -1.02. The van der Waals surface area contributed by atoms with E-state index in [9.17, 15) is 0 Å². The minimum Gasteiger partial charge on any atom is -0.496 e. The molecule has 1 aromatic rings. The highest BCUT2D eigenvalue weighted by molar-refractivity contribution is 5.36. The first-order chi connectivity index (χ1) is 9.11. The second-order valence-corrected chi connectivity index (χ2v) is 6.06. The molecular weight excluding hydrogens is 234 g/mol. The largest absolute Gasteiger partial charge is 0.496 e. The lowest BCUT2D eigenvalue weighted by Crippen LogP contribution is -2.40. The summed E-state index contributed by atoms with van der Waals surface area (Å²) in [6, 6.07) is 7.13. The summed E-state index contributed by atoms with van der Waals surface area (Å²) in [5.74, 6) is 2.61. The molecule has 2 nitrogen and oxygen atoms in total. The van der Waals surface area contributed by atoms with Crippen molar-refractivity contribution in [1.29, 1.82) is 0 Å². The van der Waals surface area contributed by atoms with Gasteiger partial charge in [-0.05, 0) is 42.4 Å². The van der Waals surface area contributed by atoms with Gasteiger partial charge in [0.15, 0.2) is 0 Å². The molecule has 19 heavy (non-hydrogen) atoms. The predicted molar refractivity (Wildman–Crippen MR) is 80.5 cm³/mol. The van der Waals surface area contributed by atoms with Crippen molar-refractivity contribution in [1.82, 2.24) is 5.32 Å². The van der Waals surface area contributed by atoms with E-state index in [1.54, 1.807) is 7.11 Å². The maximum Gasteiger partial charge on any atom is 0.121 e. The second kappa shape index (κ2) is 6.42. The highest BCUT2D eigenvalue weighted by atomic mass is 16.5. The van der Waals surface area contributed by atoms with Crippen LogP contribution < -0.4 is 10.1 Å². The van der Waals surface area contributed by atoms with E-state index in [2.05, 4.69) is 44.3 Å². The van der Waals surface area contributed by atoms with Crippen LogP contribution >= 0.6 is 0 Å². The van der Waals surface area contributed by atoms with Crippen LogP contribution in [0.4, 0.5) is 0 Å². The van der Waals surface area contributed by atoms with Crippen molar-refractivity contribution in [2.24, 2.45) is 11.8 Å². The van der Waals surface area contributed by atoms with Crippen LogP contribution in [0, 0.1) is 18.8 Å². The summed E-state index contributed by atoms with van der Waals surface area (Å²) in [5.41, 5.74) is 2.57. The minimum atomic E-state index is 0.672. The maximum atomic E-state index is 5.31. The van der Waals surface area contributed by atoms with E-state index in [0.717, 1.165) is 24.1 Å². The third kappa shape index (κ3) is 3.50. The van der Waals surface area contributed by atoms with Gasteiger partial charge in [0.2, 0.25) is 0 Å². The summed E-state index contributed by atoms with van der Waals surface area (Å²) in [7, 11) is 1.73. The van der Waals surface area contributed by atoms with Gasteiger partial charge in [-0.25, -0.2) is 0 Å².